The zero-order valence-electron chi connectivity index (χ0n) is 4.98. The second-order valence-corrected chi connectivity index (χ2v) is 2.21. The summed E-state index contributed by atoms with van der Waals surface area (Å²) in [7, 11) is 0. The molecule has 0 unspecified atom stereocenters. The van der Waals surface area contributed by atoms with Gasteiger partial charge >= 0.3 is 0 Å². The Morgan fingerprint density at radius 2 is 2.29 bits per heavy atom. The molecule has 1 heteroatoms. The first-order valence-electron chi connectivity index (χ1n) is 2.96. The van der Waals surface area contributed by atoms with E-state index in [1.54, 1.807) is 0 Å². The summed E-state index contributed by atoms with van der Waals surface area (Å²) < 4.78 is 5.27. The molecule has 0 spiro atoms. The van der Waals surface area contributed by atoms with E-state index in [1.807, 2.05) is 6.92 Å². The molecule has 1 aliphatic rings. The zero-order chi connectivity index (χ0) is 5.28. The van der Waals surface area contributed by atoms with Crippen molar-refractivity contribution in [1.82, 2.24) is 0 Å². The minimum absolute atomic E-state index is 0.616. The molecule has 0 aliphatic heterocycles. The van der Waals surface area contributed by atoms with E-state index in [9.17, 15) is 0 Å². The second kappa shape index (κ2) is 1.83. The fourth-order valence-electron chi connectivity index (χ4n) is 0.734. The van der Waals surface area contributed by atoms with Crippen molar-refractivity contribution in [3.63, 3.8) is 0 Å². The monoisotopic (exact) mass is 100 g/mol. The topological polar surface area (TPSA) is 9.23 Å². The first-order chi connectivity index (χ1) is 3.34. The molecule has 1 saturated carbocycles. The molecule has 1 nitrogen and oxygen atoms in total. The molecule has 42 valence electrons. The lowest BCUT2D eigenvalue weighted by Crippen LogP contribution is -1.92. The summed E-state index contributed by atoms with van der Waals surface area (Å²) in [6.45, 7) is 5.15. The molecule has 1 aliphatic carbocycles. The number of hydrogen-bond donors (Lipinski definition) is 0. The van der Waals surface area contributed by atoms with E-state index in [-0.39, 0.29) is 0 Å². The Balaban J connectivity index is 1.98. The van der Waals surface area contributed by atoms with E-state index >= 15 is 0 Å². The lowest BCUT2D eigenvalue weighted by atomic mass is 10.5. The summed E-state index contributed by atoms with van der Waals surface area (Å²) in [4.78, 5) is 0. The van der Waals surface area contributed by atoms with Crippen LogP contribution in [0, 0.1) is 5.92 Å². The predicted molar refractivity (Wildman–Crippen MR) is 29.2 cm³/mol. The van der Waals surface area contributed by atoms with Crippen LogP contribution in [0.3, 0.4) is 0 Å². The van der Waals surface area contributed by atoms with Gasteiger partial charge in [0.1, 0.15) is 0 Å². The maximum atomic E-state index is 5.27. The quantitative estimate of drug-likeness (QED) is 0.510. The van der Waals surface area contributed by atoms with Gasteiger partial charge in [-0.1, -0.05) is 6.92 Å². The van der Waals surface area contributed by atoms with Gasteiger partial charge in [-0.2, -0.15) is 0 Å². The largest absolute Gasteiger partial charge is 0.378 e. The van der Waals surface area contributed by atoms with Gasteiger partial charge in [0.2, 0.25) is 0 Å². The van der Waals surface area contributed by atoms with Crippen LogP contribution in [-0.2, 0) is 4.74 Å². The third-order valence-electron chi connectivity index (χ3n) is 1.42. The van der Waals surface area contributed by atoms with Crippen LogP contribution in [0.25, 0.3) is 0 Å². The highest BCUT2D eigenvalue weighted by molar-refractivity contribution is 4.82. The van der Waals surface area contributed by atoms with Crippen molar-refractivity contribution in [3.05, 3.63) is 0 Å². The lowest BCUT2D eigenvalue weighted by molar-refractivity contribution is 0.123. The molecule has 2 atom stereocenters. The normalized spacial score (nSPS) is 38.6. The summed E-state index contributed by atoms with van der Waals surface area (Å²) in [5.74, 6) is 0.847. The van der Waals surface area contributed by atoms with Crippen molar-refractivity contribution in [2.24, 2.45) is 5.92 Å². The van der Waals surface area contributed by atoms with Crippen molar-refractivity contribution in [1.29, 1.82) is 0 Å². The standard InChI is InChI=1S/C6H12O/c1-3-7-6-4-5(6)2/h5-6H,3-4H2,1-2H3/t5-,6+/m0/s1. The van der Waals surface area contributed by atoms with Gasteiger partial charge in [0.05, 0.1) is 6.10 Å². The maximum absolute atomic E-state index is 5.27. The Labute approximate surface area is 44.7 Å². The Kier molecular flexibility index (Phi) is 1.33. The van der Waals surface area contributed by atoms with E-state index in [0.717, 1.165) is 12.5 Å². The van der Waals surface area contributed by atoms with Crippen molar-refractivity contribution in [2.75, 3.05) is 6.61 Å². The van der Waals surface area contributed by atoms with E-state index in [1.165, 1.54) is 6.42 Å². The van der Waals surface area contributed by atoms with Gasteiger partial charge in [0, 0.05) is 6.61 Å². The maximum Gasteiger partial charge on any atom is 0.0604 e. The molecule has 0 aromatic heterocycles. The van der Waals surface area contributed by atoms with Crippen LogP contribution in [-0.4, -0.2) is 12.7 Å². The highest BCUT2D eigenvalue weighted by atomic mass is 16.5. The molecule has 0 heterocycles. The van der Waals surface area contributed by atoms with Gasteiger partial charge in [-0.25, -0.2) is 0 Å². The van der Waals surface area contributed by atoms with Crippen molar-refractivity contribution in [3.8, 4) is 0 Å². The van der Waals surface area contributed by atoms with Gasteiger partial charge in [-0.15, -0.1) is 0 Å². The van der Waals surface area contributed by atoms with Gasteiger partial charge in [-0.05, 0) is 19.3 Å². The summed E-state index contributed by atoms with van der Waals surface area (Å²) >= 11 is 0. The molecule has 7 heavy (non-hydrogen) atoms. The Morgan fingerprint density at radius 3 is 2.43 bits per heavy atom. The molecule has 0 amide bonds. The molecular weight excluding hydrogens is 88.1 g/mol. The highest BCUT2D eigenvalue weighted by Crippen LogP contribution is 2.32. The van der Waals surface area contributed by atoms with Crippen molar-refractivity contribution < 1.29 is 4.74 Å². The third-order valence-corrected chi connectivity index (χ3v) is 1.42. The lowest BCUT2D eigenvalue weighted by Gasteiger charge is -1.92. The minimum atomic E-state index is 0.616. The van der Waals surface area contributed by atoms with E-state index in [4.69, 9.17) is 4.74 Å². The zero-order valence-corrected chi connectivity index (χ0v) is 4.98. The molecule has 0 bridgehead atoms. The summed E-state index contributed by atoms with van der Waals surface area (Å²) in [5.41, 5.74) is 0. The molecule has 0 saturated heterocycles. The van der Waals surface area contributed by atoms with Gasteiger partial charge in [0.15, 0.2) is 0 Å². The average Bonchev–Trinajstić information content (AvgIpc) is 2.22. The number of rotatable bonds is 2. The van der Waals surface area contributed by atoms with Gasteiger partial charge in [0.25, 0.3) is 0 Å². The van der Waals surface area contributed by atoms with E-state index < -0.39 is 0 Å². The van der Waals surface area contributed by atoms with Crippen LogP contribution in [0.1, 0.15) is 20.3 Å². The van der Waals surface area contributed by atoms with E-state index in [0.29, 0.717) is 6.10 Å². The summed E-state index contributed by atoms with van der Waals surface area (Å²) in [6, 6.07) is 0. The number of ether oxygens (including phenoxy) is 1. The smallest absolute Gasteiger partial charge is 0.0604 e. The van der Waals surface area contributed by atoms with Crippen LogP contribution in [0.5, 0.6) is 0 Å². The first-order valence-corrected chi connectivity index (χ1v) is 2.96. The highest BCUT2D eigenvalue weighted by Gasteiger charge is 2.32. The summed E-state index contributed by atoms with van der Waals surface area (Å²) in [6.07, 6.45) is 1.90. The van der Waals surface area contributed by atoms with E-state index in [2.05, 4.69) is 6.92 Å². The summed E-state index contributed by atoms with van der Waals surface area (Å²) in [5, 5.41) is 0. The third kappa shape index (κ3) is 1.16. The Morgan fingerprint density at radius 1 is 1.71 bits per heavy atom. The molecule has 0 aromatic carbocycles. The van der Waals surface area contributed by atoms with Crippen molar-refractivity contribution >= 4 is 0 Å². The predicted octanol–water partition coefficient (Wildman–Crippen LogP) is 1.43. The average molecular weight is 100 g/mol. The SMILES string of the molecule is CCO[C@@H]1C[C@@H]1C. The fourth-order valence-corrected chi connectivity index (χ4v) is 0.734. The second-order valence-electron chi connectivity index (χ2n) is 2.21. The van der Waals surface area contributed by atoms with Crippen LogP contribution in [0.4, 0.5) is 0 Å². The van der Waals surface area contributed by atoms with Crippen LogP contribution in [0.2, 0.25) is 0 Å². The molecule has 1 rings (SSSR count). The molecule has 0 radical (unpaired) electrons. The molecule has 0 aromatic rings. The van der Waals surface area contributed by atoms with Crippen LogP contribution < -0.4 is 0 Å². The molecule has 0 N–H and O–H groups in total. The molecular formula is C6H12O. The van der Waals surface area contributed by atoms with Crippen LogP contribution in [0.15, 0.2) is 0 Å². The number of hydrogen-bond acceptors (Lipinski definition) is 1. The minimum Gasteiger partial charge on any atom is -0.378 e. The van der Waals surface area contributed by atoms with Crippen LogP contribution >= 0.6 is 0 Å². The van der Waals surface area contributed by atoms with Gasteiger partial charge in [-0.3, -0.25) is 0 Å². The fraction of sp³-hybridized carbons (Fsp3) is 1.00. The Bertz CT molecular complexity index is 61.2. The van der Waals surface area contributed by atoms with Crippen molar-refractivity contribution in [2.45, 2.75) is 26.4 Å². The first kappa shape index (κ1) is 5.10. The Hall–Kier alpha value is -0.0400. The molecule has 1 fully saturated rings. The van der Waals surface area contributed by atoms with Gasteiger partial charge < -0.3 is 4.74 Å².